The van der Waals surface area contributed by atoms with Gasteiger partial charge in [-0.1, -0.05) is 13.8 Å². The van der Waals surface area contributed by atoms with Crippen molar-refractivity contribution >= 4 is 5.96 Å². The predicted molar refractivity (Wildman–Crippen MR) is 102 cm³/mol. The van der Waals surface area contributed by atoms with Gasteiger partial charge in [0.1, 0.15) is 0 Å². The molecule has 0 spiro atoms. The highest BCUT2D eigenvalue weighted by Gasteiger charge is 2.24. The van der Waals surface area contributed by atoms with Gasteiger partial charge < -0.3 is 14.8 Å². The zero-order chi connectivity index (χ0) is 17.5. The number of aliphatic imine (C=N–C) groups is 1. The molecular formula is C19H35N5. The first-order valence-electron chi connectivity index (χ1n) is 9.35. The highest BCUT2D eigenvalue weighted by molar-refractivity contribution is 5.79. The van der Waals surface area contributed by atoms with E-state index in [4.69, 9.17) is 4.99 Å². The Balaban J connectivity index is 1.98. The third-order valence-corrected chi connectivity index (χ3v) is 4.70. The normalized spacial score (nSPS) is 19.2. The fraction of sp³-hybridized carbons (Fsp3) is 0.737. The van der Waals surface area contributed by atoms with Crippen LogP contribution in [0.2, 0.25) is 0 Å². The van der Waals surface area contributed by atoms with Gasteiger partial charge in [0.15, 0.2) is 5.96 Å². The Morgan fingerprint density at radius 1 is 1.46 bits per heavy atom. The van der Waals surface area contributed by atoms with Crippen molar-refractivity contribution in [3.8, 4) is 0 Å². The Morgan fingerprint density at radius 2 is 2.25 bits per heavy atom. The van der Waals surface area contributed by atoms with Gasteiger partial charge in [-0.3, -0.25) is 9.89 Å². The van der Waals surface area contributed by atoms with E-state index in [9.17, 15) is 0 Å². The minimum Gasteiger partial charge on any atom is -0.357 e. The molecule has 1 aromatic rings. The Morgan fingerprint density at radius 3 is 2.88 bits per heavy atom. The highest BCUT2D eigenvalue weighted by atomic mass is 15.3. The predicted octanol–water partition coefficient (Wildman–Crippen LogP) is 2.54. The lowest BCUT2D eigenvalue weighted by Crippen LogP contribution is -2.40. The summed E-state index contributed by atoms with van der Waals surface area (Å²) in [6.45, 7) is 11.8. The van der Waals surface area contributed by atoms with Crippen molar-refractivity contribution in [2.75, 3.05) is 33.2 Å². The van der Waals surface area contributed by atoms with Gasteiger partial charge in [0.25, 0.3) is 0 Å². The van der Waals surface area contributed by atoms with Crippen molar-refractivity contribution < 1.29 is 0 Å². The van der Waals surface area contributed by atoms with Gasteiger partial charge in [0.2, 0.25) is 0 Å². The van der Waals surface area contributed by atoms with Crippen LogP contribution in [0.15, 0.2) is 23.3 Å². The summed E-state index contributed by atoms with van der Waals surface area (Å²) in [7, 11) is 4.21. The van der Waals surface area contributed by atoms with E-state index < -0.39 is 0 Å². The first-order chi connectivity index (χ1) is 11.5. The van der Waals surface area contributed by atoms with Crippen molar-refractivity contribution in [2.24, 2.45) is 18.0 Å². The first-order valence-corrected chi connectivity index (χ1v) is 9.35. The highest BCUT2D eigenvalue weighted by Crippen LogP contribution is 2.19. The van der Waals surface area contributed by atoms with Gasteiger partial charge in [-0.05, 0) is 44.4 Å². The second-order valence-corrected chi connectivity index (χ2v) is 7.35. The summed E-state index contributed by atoms with van der Waals surface area (Å²) in [5.41, 5.74) is 1.30. The van der Waals surface area contributed by atoms with Gasteiger partial charge in [-0.2, -0.15) is 0 Å². The number of nitrogens with one attached hydrogen (secondary N) is 1. The number of aryl methyl sites for hydroxylation is 1. The number of aromatic nitrogens is 1. The molecule has 1 atom stereocenters. The molecule has 136 valence electrons. The molecule has 0 amide bonds. The van der Waals surface area contributed by atoms with E-state index in [0.717, 1.165) is 31.5 Å². The molecular weight excluding hydrogens is 298 g/mol. The van der Waals surface area contributed by atoms with E-state index in [1.165, 1.54) is 31.6 Å². The topological polar surface area (TPSA) is 35.8 Å². The Labute approximate surface area is 147 Å². The standard InChI is InChI=1S/C19H35N5/c1-6-20-19(23(5)15-18-10-7-11-22(18)4)21-13-17-9-8-12-24(17)14-16(2)3/h7,10-11,16-17H,6,8-9,12-15H2,1-5H3,(H,20,21)/t17-/m1/s1. The summed E-state index contributed by atoms with van der Waals surface area (Å²) in [6.07, 6.45) is 4.68. The summed E-state index contributed by atoms with van der Waals surface area (Å²) in [6, 6.07) is 4.86. The van der Waals surface area contributed by atoms with E-state index in [2.05, 4.69) is 72.9 Å². The number of hydrogen-bond acceptors (Lipinski definition) is 2. The fourth-order valence-corrected chi connectivity index (χ4v) is 3.45. The van der Waals surface area contributed by atoms with Gasteiger partial charge in [0.05, 0.1) is 13.1 Å². The van der Waals surface area contributed by atoms with E-state index in [0.29, 0.717) is 6.04 Å². The van der Waals surface area contributed by atoms with Crippen LogP contribution >= 0.6 is 0 Å². The molecule has 1 saturated heterocycles. The van der Waals surface area contributed by atoms with Crippen LogP contribution in [-0.2, 0) is 13.6 Å². The molecule has 0 aliphatic carbocycles. The monoisotopic (exact) mass is 333 g/mol. The molecule has 0 saturated carbocycles. The molecule has 5 nitrogen and oxygen atoms in total. The molecule has 0 bridgehead atoms. The lowest BCUT2D eigenvalue weighted by molar-refractivity contribution is 0.230. The maximum atomic E-state index is 4.94. The van der Waals surface area contributed by atoms with Gasteiger partial charge in [-0.15, -0.1) is 0 Å². The van der Waals surface area contributed by atoms with E-state index in [1.807, 2.05) is 0 Å². The van der Waals surface area contributed by atoms with Gasteiger partial charge in [-0.25, -0.2) is 0 Å². The Bertz CT molecular complexity index is 520. The minimum atomic E-state index is 0.601. The van der Waals surface area contributed by atoms with Crippen molar-refractivity contribution in [3.63, 3.8) is 0 Å². The maximum absolute atomic E-state index is 4.94. The minimum absolute atomic E-state index is 0.601. The summed E-state index contributed by atoms with van der Waals surface area (Å²) in [5.74, 6) is 1.73. The maximum Gasteiger partial charge on any atom is 0.194 e. The van der Waals surface area contributed by atoms with Crippen LogP contribution in [0.4, 0.5) is 0 Å². The number of rotatable bonds is 7. The van der Waals surface area contributed by atoms with Crippen LogP contribution in [0.1, 0.15) is 39.3 Å². The van der Waals surface area contributed by atoms with E-state index in [1.54, 1.807) is 0 Å². The van der Waals surface area contributed by atoms with Crippen molar-refractivity contribution in [3.05, 3.63) is 24.0 Å². The Hall–Kier alpha value is -1.49. The smallest absolute Gasteiger partial charge is 0.194 e. The summed E-state index contributed by atoms with van der Waals surface area (Å²) < 4.78 is 2.17. The SMILES string of the molecule is CCNC(=NC[C@H]1CCCN1CC(C)C)N(C)Cc1cccn1C. The van der Waals surface area contributed by atoms with Crippen LogP contribution in [0.25, 0.3) is 0 Å². The fourth-order valence-electron chi connectivity index (χ4n) is 3.45. The molecule has 1 aliphatic heterocycles. The molecule has 1 N–H and O–H groups in total. The summed E-state index contributed by atoms with van der Waals surface area (Å²) in [4.78, 5) is 9.79. The van der Waals surface area contributed by atoms with Gasteiger partial charge in [0, 0.05) is 45.1 Å². The molecule has 0 aromatic carbocycles. The summed E-state index contributed by atoms with van der Waals surface area (Å²) in [5, 5.41) is 3.44. The van der Waals surface area contributed by atoms with E-state index >= 15 is 0 Å². The first kappa shape index (κ1) is 18.8. The van der Waals surface area contributed by atoms with Crippen molar-refractivity contribution in [2.45, 2.75) is 46.2 Å². The average Bonchev–Trinajstić information content (AvgIpc) is 3.12. The molecule has 2 rings (SSSR count). The molecule has 0 radical (unpaired) electrons. The zero-order valence-corrected chi connectivity index (χ0v) is 16.1. The lowest BCUT2D eigenvalue weighted by Gasteiger charge is -2.26. The van der Waals surface area contributed by atoms with Crippen LogP contribution in [0.3, 0.4) is 0 Å². The molecule has 0 unspecified atom stereocenters. The third kappa shape index (κ3) is 5.26. The number of hydrogen-bond donors (Lipinski definition) is 1. The molecule has 5 heteroatoms. The van der Waals surface area contributed by atoms with Crippen LogP contribution < -0.4 is 5.32 Å². The second-order valence-electron chi connectivity index (χ2n) is 7.35. The molecule has 1 aromatic heterocycles. The van der Waals surface area contributed by atoms with Gasteiger partial charge >= 0.3 is 0 Å². The molecule has 1 aliphatic rings. The van der Waals surface area contributed by atoms with Crippen LogP contribution in [0.5, 0.6) is 0 Å². The lowest BCUT2D eigenvalue weighted by atomic mass is 10.2. The quantitative estimate of drug-likeness (QED) is 0.615. The average molecular weight is 334 g/mol. The zero-order valence-electron chi connectivity index (χ0n) is 16.1. The number of guanidine groups is 1. The third-order valence-electron chi connectivity index (χ3n) is 4.70. The van der Waals surface area contributed by atoms with Crippen molar-refractivity contribution in [1.29, 1.82) is 0 Å². The number of likely N-dealkylation sites (tertiary alicyclic amines) is 1. The second kappa shape index (κ2) is 9.11. The van der Waals surface area contributed by atoms with Crippen molar-refractivity contribution in [1.82, 2.24) is 19.7 Å². The molecule has 2 heterocycles. The molecule has 24 heavy (non-hydrogen) atoms. The van der Waals surface area contributed by atoms with Crippen LogP contribution in [0, 0.1) is 5.92 Å². The number of nitrogens with zero attached hydrogens (tertiary/aromatic N) is 4. The largest absolute Gasteiger partial charge is 0.357 e. The van der Waals surface area contributed by atoms with E-state index in [-0.39, 0.29) is 0 Å². The molecule has 1 fully saturated rings. The Kier molecular flexibility index (Phi) is 7.16. The van der Waals surface area contributed by atoms with Crippen LogP contribution in [-0.4, -0.2) is 59.6 Å². The summed E-state index contributed by atoms with van der Waals surface area (Å²) >= 11 is 0.